The first kappa shape index (κ1) is 10.4. The summed E-state index contributed by atoms with van der Waals surface area (Å²) in [7, 11) is 0. The third-order valence-electron chi connectivity index (χ3n) is 2.18. The van der Waals surface area contributed by atoms with Crippen LogP contribution in [0.3, 0.4) is 0 Å². The molecule has 0 amide bonds. The number of carbonyl (C=O) groups is 2. The molecular weight excluding hydrogens is 232 g/mol. The van der Waals surface area contributed by atoms with Crippen molar-refractivity contribution < 1.29 is 9.59 Å². The molecule has 0 aromatic heterocycles. The number of allylic oxidation sites excluding steroid dienone is 4. The van der Waals surface area contributed by atoms with E-state index in [1.807, 2.05) is 13.0 Å². The van der Waals surface area contributed by atoms with Crippen molar-refractivity contribution in [3.05, 3.63) is 24.3 Å². The Balaban J connectivity index is 2.80. The summed E-state index contributed by atoms with van der Waals surface area (Å²) in [5, 5.41) is 0. The van der Waals surface area contributed by atoms with Crippen LogP contribution in [0.2, 0.25) is 0 Å². The smallest absolute Gasteiger partial charge is 0.201 e. The lowest BCUT2D eigenvalue weighted by Crippen LogP contribution is -2.25. The molecule has 0 bridgehead atoms. The van der Waals surface area contributed by atoms with Gasteiger partial charge in [-0.05, 0) is 28.4 Å². The van der Waals surface area contributed by atoms with Gasteiger partial charge >= 0.3 is 0 Å². The average Bonchev–Trinajstić information content (AvgIpc) is 2.09. The van der Waals surface area contributed by atoms with Crippen LogP contribution in [0.4, 0.5) is 0 Å². The fourth-order valence-corrected chi connectivity index (χ4v) is 2.04. The van der Waals surface area contributed by atoms with Crippen LogP contribution in [-0.2, 0) is 9.59 Å². The summed E-state index contributed by atoms with van der Waals surface area (Å²) in [5.41, 5.74) is 0. The van der Waals surface area contributed by atoms with E-state index < -0.39 is 0 Å². The Morgan fingerprint density at radius 2 is 2.31 bits per heavy atom. The van der Waals surface area contributed by atoms with Crippen LogP contribution in [0.15, 0.2) is 24.3 Å². The van der Waals surface area contributed by atoms with Crippen molar-refractivity contribution in [3.63, 3.8) is 0 Å². The number of halogens is 1. The Kier molecular flexibility index (Phi) is 3.60. The summed E-state index contributed by atoms with van der Waals surface area (Å²) in [5.74, 6) is -0.488. The number of hydrogen-bond donors (Lipinski definition) is 0. The third-order valence-corrected chi connectivity index (χ3v) is 2.77. The lowest BCUT2D eigenvalue weighted by Gasteiger charge is -2.18. The Morgan fingerprint density at radius 3 is 2.77 bits per heavy atom. The predicted molar refractivity (Wildman–Crippen MR) is 54.5 cm³/mol. The Morgan fingerprint density at radius 1 is 1.62 bits per heavy atom. The van der Waals surface area contributed by atoms with Crippen LogP contribution in [0.1, 0.15) is 13.3 Å². The molecule has 1 rings (SSSR count). The van der Waals surface area contributed by atoms with E-state index in [2.05, 4.69) is 15.9 Å². The number of ketones is 1. The molecule has 0 aromatic rings. The lowest BCUT2D eigenvalue weighted by atomic mass is 9.85. The second kappa shape index (κ2) is 4.51. The molecule has 0 saturated heterocycles. The Labute approximate surface area is 85.8 Å². The van der Waals surface area contributed by atoms with Crippen molar-refractivity contribution in [2.45, 2.75) is 13.3 Å². The molecule has 0 radical (unpaired) electrons. The van der Waals surface area contributed by atoms with Gasteiger partial charge in [-0.15, -0.1) is 0 Å². The molecule has 0 N–H and O–H groups in total. The molecule has 0 saturated carbocycles. The zero-order valence-electron chi connectivity index (χ0n) is 7.37. The van der Waals surface area contributed by atoms with Crippen LogP contribution < -0.4 is 0 Å². The first-order chi connectivity index (χ1) is 6.16. The summed E-state index contributed by atoms with van der Waals surface area (Å²) < 4.78 is -0.0895. The second-order valence-corrected chi connectivity index (χ2v) is 3.77. The van der Waals surface area contributed by atoms with Crippen LogP contribution in [0, 0.1) is 11.8 Å². The van der Waals surface area contributed by atoms with E-state index in [-0.39, 0.29) is 22.3 Å². The van der Waals surface area contributed by atoms with Gasteiger partial charge in [-0.1, -0.05) is 25.2 Å². The highest BCUT2D eigenvalue weighted by molar-refractivity contribution is 9.18. The van der Waals surface area contributed by atoms with Gasteiger partial charge in [0.2, 0.25) is 4.69 Å². The highest BCUT2D eigenvalue weighted by Gasteiger charge is 2.28. The molecule has 1 aliphatic rings. The molecule has 0 fully saturated rings. The normalized spacial score (nSPS) is 23.2. The highest BCUT2D eigenvalue weighted by atomic mass is 79.9. The summed E-state index contributed by atoms with van der Waals surface area (Å²) in [4.78, 5) is 22.5. The quantitative estimate of drug-likeness (QED) is 0.712. The summed E-state index contributed by atoms with van der Waals surface area (Å²) in [6, 6.07) is 0. The Bertz CT molecular complexity index is 279. The van der Waals surface area contributed by atoms with E-state index >= 15 is 0 Å². The zero-order chi connectivity index (χ0) is 9.84. The summed E-state index contributed by atoms with van der Waals surface area (Å²) in [6.45, 7) is 1.91. The van der Waals surface area contributed by atoms with Gasteiger partial charge in [0, 0.05) is 5.92 Å². The molecule has 2 atom stereocenters. The van der Waals surface area contributed by atoms with Gasteiger partial charge in [-0.3, -0.25) is 9.59 Å². The maximum Gasteiger partial charge on any atom is 0.201 e. The zero-order valence-corrected chi connectivity index (χ0v) is 8.95. The number of hydrogen-bond acceptors (Lipinski definition) is 2. The first-order valence-electron chi connectivity index (χ1n) is 4.25. The second-order valence-electron chi connectivity index (χ2n) is 2.99. The average molecular weight is 243 g/mol. The van der Waals surface area contributed by atoms with Crippen LogP contribution >= 0.6 is 15.9 Å². The monoisotopic (exact) mass is 242 g/mol. The summed E-state index contributed by atoms with van der Waals surface area (Å²) in [6.07, 6.45) is 7.49. The minimum Gasteiger partial charge on any atom is -0.294 e. The van der Waals surface area contributed by atoms with Gasteiger partial charge in [0.25, 0.3) is 0 Å². The molecule has 3 heteroatoms. The van der Waals surface area contributed by atoms with Crippen molar-refractivity contribution in [2.75, 3.05) is 0 Å². The molecular formula is C10H11BrO2. The maximum absolute atomic E-state index is 11.4. The highest BCUT2D eigenvalue weighted by Crippen LogP contribution is 2.24. The third kappa shape index (κ3) is 2.37. The maximum atomic E-state index is 11.4. The van der Waals surface area contributed by atoms with E-state index in [1.54, 1.807) is 12.2 Å². The van der Waals surface area contributed by atoms with E-state index in [1.165, 1.54) is 6.08 Å². The van der Waals surface area contributed by atoms with Gasteiger partial charge in [0.1, 0.15) is 0 Å². The van der Waals surface area contributed by atoms with Gasteiger partial charge in [-0.25, -0.2) is 0 Å². The van der Waals surface area contributed by atoms with Crippen LogP contribution in [0.5, 0.6) is 0 Å². The summed E-state index contributed by atoms with van der Waals surface area (Å²) >= 11 is 2.91. The van der Waals surface area contributed by atoms with Gasteiger partial charge < -0.3 is 0 Å². The fraction of sp³-hybridized carbons (Fsp3) is 0.400. The molecule has 13 heavy (non-hydrogen) atoms. The molecule has 70 valence electrons. The molecule has 0 aromatic carbocycles. The number of carbonyl (C=O) groups excluding carboxylic acids is 2. The molecule has 0 heterocycles. The molecule has 2 nitrogen and oxygen atoms in total. The largest absolute Gasteiger partial charge is 0.294 e. The number of rotatable bonds is 3. The van der Waals surface area contributed by atoms with E-state index in [0.717, 1.165) is 0 Å². The SMILES string of the molecule is CCC(C(=O)Br)C1C=CC=CC1=O. The van der Waals surface area contributed by atoms with Crippen LogP contribution in [-0.4, -0.2) is 10.5 Å². The minimum absolute atomic E-state index is 0.0159. The predicted octanol–water partition coefficient (Wildman–Crippen LogP) is 2.25. The molecule has 1 aliphatic carbocycles. The van der Waals surface area contributed by atoms with Crippen molar-refractivity contribution in [1.29, 1.82) is 0 Å². The molecule has 2 unspecified atom stereocenters. The molecule has 0 aliphatic heterocycles. The van der Waals surface area contributed by atoms with E-state index in [4.69, 9.17) is 0 Å². The fourth-order valence-electron chi connectivity index (χ4n) is 1.43. The minimum atomic E-state index is -0.276. The van der Waals surface area contributed by atoms with Gasteiger partial charge in [0.15, 0.2) is 5.78 Å². The van der Waals surface area contributed by atoms with Gasteiger partial charge in [0.05, 0.1) is 5.92 Å². The lowest BCUT2D eigenvalue weighted by molar-refractivity contribution is -0.123. The standard InChI is InChI=1S/C10H11BrO2/c1-2-7(10(11)13)8-5-3-4-6-9(8)12/h3-8H,2H2,1H3. The Hall–Kier alpha value is -0.700. The molecule has 0 spiro atoms. The first-order valence-corrected chi connectivity index (χ1v) is 5.04. The van der Waals surface area contributed by atoms with Gasteiger partial charge in [-0.2, -0.15) is 0 Å². The van der Waals surface area contributed by atoms with Crippen molar-refractivity contribution in [2.24, 2.45) is 11.8 Å². The topological polar surface area (TPSA) is 34.1 Å². The van der Waals surface area contributed by atoms with Crippen molar-refractivity contribution in [1.82, 2.24) is 0 Å². The van der Waals surface area contributed by atoms with Crippen molar-refractivity contribution >= 4 is 26.4 Å². The van der Waals surface area contributed by atoms with E-state index in [9.17, 15) is 9.59 Å². The van der Waals surface area contributed by atoms with E-state index in [0.29, 0.717) is 6.42 Å². The van der Waals surface area contributed by atoms with Crippen molar-refractivity contribution in [3.8, 4) is 0 Å². The van der Waals surface area contributed by atoms with Crippen LogP contribution in [0.25, 0.3) is 0 Å².